The lowest BCUT2D eigenvalue weighted by molar-refractivity contribution is 0.580. The van der Waals surface area contributed by atoms with Crippen LogP contribution in [0.4, 0.5) is 0 Å². The maximum Gasteiger partial charge on any atom is 0.243 e. The standard InChI is InChI=1S/C9H10Cl2N2O2S/c10-5-2-1-3-6(11)9(5)16(14,15)13-8-4-7(8)12/h1-3,7-8,13H,4,12H2. The van der Waals surface area contributed by atoms with Crippen molar-refractivity contribution in [1.29, 1.82) is 0 Å². The summed E-state index contributed by atoms with van der Waals surface area (Å²) in [7, 11) is -3.69. The fourth-order valence-corrected chi connectivity index (χ4v) is 3.79. The largest absolute Gasteiger partial charge is 0.326 e. The van der Waals surface area contributed by atoms with Crippen molar-refractivity contribution in [1.82, 2.24) is 4.72 Å². The Bertz CT molecular complexity index is 498. The van der Waals surface area contributed by atoms with Crippen LogP contribution in [0.25, 0.3) is 0 Å². The second kappa shape index (κ2) is 4.16. The van der Waals surface area contributed by atoms with Crippen molar-refractivity contribution in [3.63, 3.8) is 0 Å². The third-order valence-electron chi connectivity index (χ3n) is 2.33. The van der Waals surface area contributed by atoms with Crippen molar-refractivity contribution in [3.05, 3.63) is 28.2 Å². The zero-order valence-electron chi connectivity index (χ0n) is 8.15. The van der Waals surface area contributed by atoms with Crippen LogP contribution in [0.2, 0.25) is 10.0 Å². The van der Waals surface area contributed by atoms with E-state index in [1.807, 2.05) is 0 Å². The Labute approximate surface area is 104 Å². The van der Waals surface area contributed by atoms with E-state index in [-0.39, 0.29) is 27.0 Å². The SMILES string of the molecule is NC1CC1NS(=O)(=O)c1c(Cl)cccc1Cl. The van der Waals surface area contributed by atoms with Crippen LogP contribution in [0.15, 0.2) is 23.1 Å². The summed E-state index contributed by atoms with van der Waals surface area (Å²) in [5.41, 5.74) is 5.53. The summed E-state index contributed by atoms with van der Waals surface area (Å²) in [6.07, 6.45) is 0.640. The number of benzene rings is 1. The van der Waals surface area contributed by atoms with E-state index >= 15 is 0 Å². The molecule has 0 spiro atoms. The predicted molar refractivity (Wildman–Crippen MR) is 63.2 cm³/mol. The number of sulfonamides is 1. The third kappa shape index (κ3) is 2.33. The highest BCUT2D eigenvalue weighted by Crippen LogP contribution is 2.30. The molecule has 0 aliphatic heterocycles. The van der Waals surface area contributed by atoms with E-state index in [4.69, 9.17) is 28.9 Å². The van der Waals surface area contributed by atoms with Gasteiger partial charge < -0.3 is 5.73 Å². The first kappa shape index (κ1) is 12.1. The maximum absolute atomic E-state index is 11.9. The van der Waals surface area contributed by atoms with E-state index in [0.717, 1.165) is 0 Å². The molecule has 2 atom stereocenters. The van der Waals surface area contributed by atoms with Crippen molar-refractivity contribution in [3.8, 4) is 0 Å². The normalized spacial score (nSPS) is 24.4. The molecule has 7 heteroatoms. The quantitative estimate of drug-likeness (QED) is 0.879. The van der Waals surface area contributed by atoms with Gasteiger partial charge in [-0.25, -0.2) is 13.1 Å². The topological polar surface area (TPSA) is 72.2 Å². The van der Waals surface area contributed by atoms with Crippen molar-refractivity contribution in [2.45, 2.75) is 23.4 Å². The molecule has 3 N–H and O–H groups in total. The molecule has 88 valence electrons. The fraction of sp³-hybridized carbons (Fsp3) is 0.333. The van der Waals surface area contributed by atoms with Gasteiger partial charge in [-0.2, -0.15) is 0 Å². The zero-order chi connectivity index (χ0) is 11.9. The van der Waals surface area contributed by atoms with Gasteiger partial charge in [-0.3, -0.25) is 0 Å². The summed E-state index contributed by atoms with van der Waals surface area (Å²) >= 11 is 11.6. The summed E-state index contributed by atoms with van der Waals surface area (Å²) in [5, 5.41) is 0.212. The molecule has 0 aromatic heterocycles. The van der Waals surface area contributed by atoms with Crippen molar-refractivity contribution >= 4 is 33.2 Å². The van der Waals surface area contributed by atoms with Crippen LogP contribution in [-0.2, 0) is 10.0 Å². The summed E-state index contributed by atoms with van der Waals surface area (Å²) in [5.74, 6) is 0. The minimum absolute atomic E-state index is 0.0857. The van der Waals surface area contributed by atoms with Gasteiger partial charge in [0.25, 0.3) is 0 Å². The van der Waals surface area contributed by atoms with Gasteiger partial charge in [-0.1, -0.05) is 29.3 Å². The van der Waals surface area contributed by atoms with Crippen LogP contribution in [0, 0.1) is 0 Å². The van der Waals surface area contributed by atoms with Gasteiger partial charge >= 0.3 is 0 Å². The summed E-state index contributed by atoms with van der Waals surface area (Å²) in [4.78, 5) is -0.0857. The van der Waals surface area contributed by atoms with E-state index in [1.165, 1.54) is 12.1 Å². The van der Waals surface area contributed by atoms with Crippen molar-refractivity contribution in [2.24, 2.45) is 5.73 Å². The predicted octanol–water partition coefficient (Wildman–Crippen LogP) is 1.37. The zero-order valence-corrected chi connectivity index (χ0v) is 10.5. The number of hydrogen-bond acceptors (Lipinski definition) is 3. The Hall–Kier alpha value is -0.330. The number of rotatable bonds is 3. The molecule has 0 amide bonds. The first-order valence-electron chi connectivity index (χ1n) is 4.64. The van der Waals surface area contributed by atoms with E-state index in [2.05, 4.69) is 4.72 Å². The molecule has 0 heterocycles. The smallest absolute Gasteiger partial charge is 0.243 e. The molecule has 1 aromatic rings. The highest BCUT2D eigenvalue weighted by Gasteiger charge is 2.38. The molecular formula is C9H10Cl2N2O2S. The number of nitrogens with two attached hydrogens (primary N) is 1. The lowest BCUT2D eigenvalue weighted by Gasteiger charge is -2.09. The van der Waals surface area contributed by atoms with E-state index in [1.54, 1.807) is 6.07 Å². The molecule has 1 aliphatic rings. The fourth-order valence-electron chi connectivity index (χ4n) is 1.35. The van der Waals surface area contributed by atoms with Crippen LogP contribution < -0.4 is 10.5 Å². The average Bonchev–Trinajstić information content (AvgIpc) is 2.79. The van der Waals surface area contributed by atoms with Crippen molar-refractivity contribution in [2.75, 3.05) is 0 Å². The van der Waals surface area contributed by atoms with Gasteiger partial charge in [0.1, 0.15) is 4.90 Å². The molecule has 0 bridgehead atoms. The first-order valence-corrected chi connectivity index (χ1v) is 6.87. The Morgan fingerprint density at radius 3 is 2.25 bits per heavy atom. The highest BCUT2D eigenvalue weighted by molar-refractivity contribution is 7.89. The van der Waals surface area contributed by atoms with Gasteiger partial charge in [0.05, 0.1) is 10.0 Å². The minimum Gasteiger partial charge on any atom is -0.326 e. The van der Waals surface area contributed by atoms with E-state index < -0.39 is 10.0 Å². The molecule has 1 aromatic carbocycles. The Morgan fingerprint density at radius 2 is 1.81 bits per heavy atom. The van der Waals surface area contributed by atoms with Crippen LogP contribution in [-0.4, -0.2) is 20.5 Å². The Kier molecular flexibility index (Phi) is 3.16. The van der Waals surface area contributed by atoms with Crippen molar-refractivity contribution < 1.29 is 8.42 Å². The van der Waals surface area contributed by atoms with E-state index in [9.17, 15) is 8.42 Å². The highest BCUT2D eigenvalue weighted by atomic mass is 35.5. The van der Waals surface area contributed by atoms with Crippen LogP contribution in [0.1, 0.15) is 6.42 Å². The Balaban J connectivity index is 2.35. The molecule has 16 heavy (non-hydrogen) atoms. The van der Waals surface area contributed by atoms with Crippen LogP contribution in [0.5, 0.6) is 0 Å². The van der Waals surface area contributed by atoms with Crippen LogP contribution in [0.3, 0.4) is 0 Å². The second-order valence-corrected chi connectivity index (χ2v) is 6.14. The molecule has 1 saturated carbocycles. The second-order valence-electron chi connectivity index (χ2n) is 3.68. The molecule has 4 nitrogen and oxygen atoms in total. The molecule has 0 saturated heterocycles. The number of halogens is 2. The molecular weight excluding hydrogens is 271 g/mol. The maximum atomic E-state index is 11.9. The lowest BCUT2D eigenvalue weighted by Crippen LogP contribution is -2.30. The van der Waals surface area contributed by atoms with Crippen LogP contribution >= 0.6 is 23.2 Å². The summed E-state index contributed by atoms with van der Waals surface area (Å²) in [6.45, 7) is 0. The van der Waals surface area contributed by atoms with Gasteiger partial charge in [-0.05, 0) is 18.6 Å². The molecule has 1 fully saturated rings. The summed E-state index contributed by atoms with van der Waals surface area (Å²) < 4.78 is 26.3. The number of nitrogens with one attached hydrogen (secondary N) is 1. The molecule has 2 rings (SSSR count). The lowest BCUT2D eigenvalue weighted by atomic mass is 10.4. The molecule has 2 unspecified atom stereocenters. The van der Waals surface area contributed by atoms with Gasteiger partial charge in [-0.15, -0.1) is 0 Å². The van der Waals surface area contributed by atoms with Gasteiger partial charge in [0, 0.05) is 12.1 Å². The molecule has 0 radical (unpaired) electrons. The van der Waals surface area contributed by atoms with Gasteiger partial charge in [0.15, 0.2) is 0 Å². The monoisotopic (exact) mass is 280 g/mol. The average molecular weight is 281 g/mol. The first-order chi connectivity index (χ1) is 7.42. The van der Waals surface area contributed by atoms with E-state index in [0.29, 0.717) is 6.42 Å². The number of hydrogen-bond donors (Lipinski definition) is 2. The van der Waals surface area contributed by atoms with Gasteiger partial charge in [0.2, 0.25) is 10.0 Å². The third-order valence-corrected chi connectivity index (χ3v) is 4.78. The summed E-state index contributed by atoms with van der Waals surface area (Å²) in [6, 6.07) is 4.23. The molecule has 1 aliphatic carbocycles. The minimum atomic E-state index is -3.69. The Morgan fingerprint density at radius 1 is 1.31 bits per heavy atom.